The molecule has 1 fully saturated rings. The zero-order valence-electron chi connectivity index (χ0n) is 15.8. The van der Waals surface area contributed by atoms with Gasteiger partial charge in [0, 0.05) is 25.2 Å². The number of benzene rings is 2. The average Bonchev–Trinajstić information content (AvgIpc) is 3.03. The Morgan fingerprint density at radius 3 is 2.50 bits per heavy atom. The van der Waals surface area contributed by atoms with Crippen LogP contribution in [-0.4, -0.2) is 47.1 Å². The van der Waals surface area contributed by atoms with Gasteiger partial charge in [0.25, 0.3) is 0 Å². The molecule has 7 heteroatoms. The molecule has 1 saturated heterocycles. The number of β-amino-alcohol motifs (C(OH)–C–C–N with tert-alkyl or cyclic N) is 1. The first kappa shape index (κ1) is 20.4. The average molecular weight is 392 g/mol. The Morgan fingerprint density at radius 2 is 1.82 bits per heavy atom. The third kappa shape index (κ3) is 4.36. The van der Waals surface area contributed by atoms with E-state index >= 15 is 0 Å². The Bertz CT molecular complexity index is 844. The standard InChI is InChI=1S/C21H23F3N2O2/c1-13(14-3-5-15(22)6-4-14)25(2)21(28)12-26-11-17(27)10-20(26)18-9-16(23)7-8-19(18)24/h3-9,13,17,20,27H,10-12H2,1-2H3/t13-,17+,20-/m1/s1. The van der Waals surface area contributed by atoms with Gasteiger partial charge in [-0.1, -0.05) is 12.1 Å². The van der Waals surface area contributed by atoms with Crippen LogP contribution in [0.15, 0.2) is 42.5 Å². The van der Waals surface area contributed by atoms with E-state index < -0.39 is 23.8 Å². The van der Waals surface area contributed by atoms with Gasteiger partial charge in [0.05, 0.1) is 18.7 Å². The van der Waals surface area contributed by atoms with Gasteiger partial charge in [-0.15, -0.1) is 0 Å². The summed E-state index contributed by atoms with van der Waals surface area (Å²) >= 11 is 0. The smallest absolute Gasteiger partial charge is 0.237 e. The van der Waals surface area contributed by atoms with Crippen molar-refractivity contribution in [2.45, 2.75) is 31.5 Å². The second-order valence-electron chi connectivity index (χ2n) is 7.23. The fourth-order valence-electron chi connectivity index (χ4n) is 3.61. The molecule has 0 bridgehead atoms. The van der Waals surface area contributed by atoms with Crippen LogP contribution in [0.1, 0.15) is 36.6 Å². The van der Waals surface area contributed by atoms with Crippen molar-refractivity contribution in [1.82, 2.24) is 9.80 Å². The third-order valence-electron chi connectivity index (χ3n) is 5.36. The van der Waals surface area contributed by atoms with Crippen molar-refractivity contribution in [2.24, 2.45) is 0 Å². The van der Waals surface area contributed by atoms with E-state index in [1.54, 1.807) is 24.1 Å². The zero-order valence-corrected chi connectivity index (χ0v) is 15.8. The van der Waals surface area contributed by atoms with Crippen LogP contribution in [0.4, 0.5) is 13.2 Å². The molecule has 0 unspecified atom stereocenters. The Kier molecular flexibility index (Phi) is 6.05. The summed E-state index contributed by atoms with van der Waals surface area (Å²) in [5.74, 6) is -1.71. The van der Waals surface area contributed by atoms with Crippen molar-refractivity contribution in [2.75, 3.05) is 20.1 Å². The van der Waals surface area contributed by atoms with Gasteiger partial charge in [0.15, 0.2) is 0 Å². The quantitative estimate of drug-likeness (QED) is 0.848. The Hall–Kier alpha value is -2.38. The molecule has 2 aromatic rings. The van der Waals surface area contributed by atoms with Crippen molar-refractivity contribution >= 4 is 5.91 Å². The van der Waals surface area contributed by atoms with E-state index in [4.69, 9.17) is 0 Å². The maximum Gasteiger partial charge on any atom is 0.237 e. The molecule has 2 aromatic carbocycles. The minimum atomic E-state index is -0.722. The van der Waals surface area contributed by atoms with Crippen molar-refractivity contribution in [3.63, 3.8) is 0 Å². The lowest BCUT2D eigenvalue weighted by atomic mass is 10.0. The summed E-state index contributed by atoms with van der Waals surface area (Å²) in [7, 11) is 1.64. The molecule has 4 nitrogen and oxygen atoms in total. The summed E-state index contributed by atoms with van der Waals surface area (Å²) in [6.45, 7) is 1.98. The van der Waals surface area contributed by atoms with Gasteiger partial charge >= 0.3 is 0 Å². The van der Waals surface area contributed by atoms with E-state index in [1.807, 2.05) is 6.92 Å². The van der Waals surface area contributed by atoms with Crippen molar-refractivity contribution in [1.29, 1.82) is 0 Å². The van der Waals surface area contributed by atoms with Gasteiger partial charge in [-0.3, -0.25) is 9.69 Å². The molecule has 0 spiro atoms. The van der Waals surface area contributed by atoms with Crippen LogP contribution in [0.3, 0.4) is 0 Å². The number of aliphatic hydroxyl groups is 1. The lowest BCUT2D eigenvalue weighted by Crippen LogP contribution is -2.40. The van der Waals surface area contributed by atoms with E-state index in [9.17, 15) is 23.1 Å². The molecule has 0 aliphatic carbocycles. The lowest BCUT2D eigenvalue weighted by Gasteiger charge is -2.30. The van der Waals surface area contributed by atoms with Crippen molar-refractivity contribution in [3.8, 4) is 0 Å². The fraction of sp³-hybridized carbons (Fsp3) is 0.381. The molecular formula is C21H23F3N2O2. The Balaban J connectivity index is 1.74. The van der Waals surface area contributed by atoms with Gasteiger partial charge in [-0.25, -0.2) is 13.2 Å². The van der Waals surface area contributed by atoms with Gasteiger partial charge in [-0.05, 0) is 49.2 Å². The summed E-state index contributed by atoms with van der Waals surface area (Å²) in [4.78, 5) is 16.0. The highest BCUT2D eigenvalue weighted by atomic mass is 19.1. The van der Waals surface area contributed by atoms with Crippen molar-refractivity contribution in [3.05, 3.63) is 71.0 Å². The number of carbonyl (C=O) groups is 1. The second kappa shape index (κ2) is 8.32. The van der Waals surface area contributed by atoms with Gasteiger partial charge in [0.1, 0.15) is 17.5 Å². The maximum absolute atomic E-state index is 14.2. The molecule has 1 amide bonds. The molecule has 0 radical (unpaired) electrons. The number of hydrogen-bond acceptors (Lipinski definition) is 3. The SMILES string of the molecule is C[C@H](c1ccc(F)cc1)N(C)C(=O)CN1C[C@@H](O)C[C@@H]1c1cc(F)ccc1F. The van der Waals surface area contributed by atoms with Crippen LogP contribution in [0.25, 0.3) is 0 Å². The first-order valence-corrected chi connectivity index (χ1v) is 9.14. The van der Waals surface area contributed by atoms with E-state index in [-0.39, 0.29) is 42.8 Å². The second-order valence-corrected chi connectivity index (χ2v) is 7.23. The predicted molar refractivity (Wildman–Crippen MR) is 98.9 cm³/mol. The van der Waals surface area contributed by atoms with Crippen LogP contribution < -0.4 is 0 Å². The zero-order chi connectivity index (χ0) is 20.4. The lowest BCUT2D eigenvalue weighted by molar-refractivity contribution is -0.133. The predicted octanol–water partition coefficient (Wildman–Crippen LogP) is 3.43. The molecule has 3 atom stereocenters. The monoisotopic (exact) mass is 392 g/mol. The highest BCUT2D eigenvalue weighted by Crippen LogP contribution is 2.34. The maximum atomic E-state index is 14.2. The summed E-state index contributed by atoms with van der Waals surface area (Å²) in [6.07, 6.45) is -0.495. The summed E-state index contributed by atoms with van der Waals surface area (Å²) in [5.41, 5.74) is 0.921. The number of aliphatic hydroxyl groups excluding tert-OH is 1. The van der Waals surface area contributed by atoms with Gasteiger partial charge in [-0.2, -0.15) is 0 Å². The molecule has 1 aliphatic rings. The number of likely N-dealkylation sites (N-methyl/N-ethyl adjacent to an activating group) is 1. The molecule has 0 saturated carbocycles. The fourth-order valence-corrected chi connectivity index (χ4v) is 3.61. The van der Waals surface area contributed by atoms with Crippen LogP contribution >= 0.6 is 0 Å². The van der Waals surface area contributed by atoms with Crippen LogP contribution in [-0.2, 0) is 4.79 Å². The number of nitrogens with zero attached hydrogens (tertiary/aromatic N) is 2. The number of carbonyl (C=O) groups excluding carboxylic acids is 1. The minimum Gasteiger partial charge on any atom is -0.392 e. The van der Waals surface area contributed by atoms with E-state index in [0.29, 0.717) is 0 Å². The highest BCUT2D eigenvalue weighted by Gasteiger charge is 2.35. The summed E-state index contributed by atoms with van der Waals surface area (Å²) in [5, 5.41) is 10.0. The van der Waals surface area contributed by atoms with Crippen LogP contribution in [0.2, 0.25) is 0 Å². The van der Waals surface area contributed by atoms with E-state index in [2.05, 4.69) is 0 Å². The third-order valence-corrected chi connectivity index (χ3v) is 5.36. The number of hydrogen-bond donors (Lipinski definition) is 1. The number of amides is 1. The van der Waals surface area contributed by atoms with Crippen LogP contribution in [0, 0.1) is 17.5 Å². The molecule has 3 rings (SSSR count). The minimum absolute atomic E-state index is 0.0419. The molecule has 1 heterocycles. The molecular weight excluding hydrogens is 369 g/mol. The normalized spacial score (nSPS) is 20.9. The number of likely N-dealkylation sites (tertiary alicyclic amines) is 1. The molecule has 28 heavy (non-hydrogen) atoms. The molecule has 0 aromatic heterocycles. The Labute approximate surface area is 162 Å². The number of rotatable bonds is 5. The topological polar surface area (TPSA) is 43.8 Å². The molecule has 150 valence electrons. The highest BCUT2D eigenvalue weighted by molar-refractivity contribution is 5.78. The van der Waals surface area contributed by atoms with Crippen LogP contribution in [0.5, 0.6) is 0 Å². The Morgan fingerprint density at radius 1 is 1.18 bits per heavy atom. The first-order chi connectivity index (χ1) is 13.3. The summed E-state index contributed by atoms with van der Waals surface area (Å²) < 4.78 is 40.9. The molecule has 1 N–H and O–H groups in total. The number of halogens is 3. The van der Waals surface area contributed by atoms with Gasteiger partial charge < -0.3 is 10.0 Å². The largest absolute Gasteiger partial charge is 0.392 e. The van der Waals surface area contributed by atoms with Gasteiger partial charge in [0.2, 0.25) is 5.91 Å². The van der Waals surface area contributed by atoms with E-state index in [1.165, 1.54) is 17.0 Å². The summed E-state index contributed by atoms with van der Waals surface area (Å²) in [6, 6.07) is 8.25. The van der Waals surface area contributed by atoms with E-state index in [0.717, 1.165) is 23.8 Å². The molecule has 1 aliphatic heterocycles. The first-order valence-electron chi connectivity index (χ1n) is 9.14. The van der Waals surface area contributed by atoms with Crippen molar-refractivity contribution < 1.29 is 23.1 Å².